The highest BCUT2D eigenvalue weighted by Crippen LogP contribution is 2.27. The fraction of sp³-hybridized carbons (Fsp3) is 0.111. The van der Waals surface area contributed by atoms with Gasteiger partial charge in [-0.3, -0.25) is 15.0 Å². The van der Waals surface area contributed by atoms with Gasteiger partial charge in [-0.1, -0.05) is 18.2 Å². The molecule has 0 fully saturated rings. The van der Waals surface area contributed by atoms with Crippen LogP contribution < -0.4 is 16.4 Å². The number of nitrogens with one attached hydrogen (secondary N) is 4. The van der Waals surface area contributed by atoms with Gasteiger partial charge in [-0.15, -0.1) is 0 Å². The number of hydrogen-bond donors (Lipinski definition) is 5. The van der Waals surface area contributed by atoms with E-state index in [1.54, 1.807) is 0 Å². The fourth-order valence-corrected chi connectivity index (χ4v) is 2.98. The Bertz CT molecular complexity index is 1130. The molecular weight excluding hydrogens is 344 g/mol. The topological polar surface area (TPSA) is 137 Å². The summed E-state index contributed by atoms with van der Waals surface area (Å²) in [5.41, 5.74) is 9.38. The minimum Gasteiger partial charge on any atom is -0.383 e. The van der Waals surface area contributed by atoms with E-state index in [1.165, 1.54) is 0 Å². The second-order valence-electron chi connectivity index (χ2n) is 6.18. The summed E-state index contributed by atoms with van der Waals surface area (Å²) in [5.74, 6) is 0.470. The summed E-state index contributed by atoms with van der Waals surface area (Å²) < 4.78 is 0. The van der Waals surface area contributed by atoms with E-state index in [4.69, 9.17) is 5.73 Å². The molecule has 4 rings (SSSR count). The number of amides is 1. The third-order valence-corrected chi connectivity index (χ3v) is 4.14. The summed E-state index contributed by atoms with van der Waals surface area (Å²) in [6.45, 7) is 3.84. The van der Waals surface area contributed by atoms with Crippen molar-refractivity contribution in [3.05, 3.63) is 53.2 Å². The second-order valence-corrected chi connectivity index (χ2v) is 6.18. The fourth-order valence-electron chi connectivity index (χ4n) is 2.98. The Kier molecular flexibility index (Phi) is 3.96. The number of nitrogens with zero attached hydrogens (tertiary/aromatic N) is 3. The van der Waals surface area contributed by atoms with Gasteiger partial charge in [0.2, 0.25) is 0 Å². The number of carbonyl (C=O) groups excluding carboxylic acids is 1. The van der Waals surface area contributed by atoms with Gasteiger partial charge in [0, 0.05) is 11.4 Å². The molecule has 136 valence electrons. The number of anilines is 4. The molecule has 6 N–H and O–H groups in total. The molecule has 1 amide bonds. The molecule has 0 spiro atoms. The predicted molar refractivity (Wildman–Crippen MR) is 104 cm³/mol. The van der Waals surface area contributed by atoms with Crippen LogP contribution in [0.15, 0.2) is 36.4 Å². The van der Waals surface area contributed by atoms with Gasteiger partial charge in [0.05, 0.1) is 5.39 Å². The van der Waals surface area contributed by atoms with Crippen molar-refractivity contribution >= 4 is 40.1 Å². The number of aryl methyl sites for hydroxylation is 2. The number of pyridine rings is 1. The average Bonchev–Trinajstić information content (AvgIpc) is 3.19. The molecule has 0 aliphatic rings. The number of benzene rings is 1. The van der Waals surface area contributed by atoms with Gasteiger partial charge in [0.1, 0.15) is 11.4 Å². The largest absolute Gasteiger partial charge is 0.383 e. The Morgan fingerprint density at radius 1 is 1.07 bits per heavy atom. The maximum absolute atomic E-state index is 12.9. The van der Waals surface area contributed by atoms with E-state index in [-0.39, 0.29) is 11.4 Å². The van der Waals surface area contributed by atoms with Crippen LogP contribution in [0.3, 0.4) is 0 Å². The van der Waals surface area contributed by atoms with Gasteiger partial charge >= 0.3 is 0 Å². The molecule has 4 aromatic rings. The molecule has 0 saturated heterocycles. The van der Waals surface area contributed by atoms with E-state index >= 15 is 0 Å². The second kappa shape index (κ2) is 6.45. The van der Waals surface area contributed by atoms with Crippen LogP contribution in [0.5, 0.6) is 0 Å². The van der Waals surface area contributed by atoms with E-state index in [0.717, 1.165) is 22.3 Å². The van der Waals surface area contributed by atoms with Gasteiger partial charge in [-0.25, -0.2) is 4.98 Å². The first-order chi connectivity index (χ1) is 13.0. The lowest BCUT2D eigenvalue weighted by Gasteiger charge is -2.07. The highest BCUT2D eigenvalue weighted by atomic mass is 16.1. The molecule has 9 heteroatoms. The summed E-state index contributed by atoms with van der Waals surface area (Å²) in [7, 11) is 0. The van der Waals surface area contributed by atoms with Crippen LogP contribution in [-0.2, 0) is 0 Å². The molecular formula is C18H18N8O. The van der Waals surface area contributed by atoms with Crippen molar-refractivity contribution in [2.24, 2.45) is 0 Å². The summed E-state index contributed by atoms with van der Waals surface area (Å²) in [6, 6.07) is 11.3. The van der Waals surface area contributed by atoms with Crippen LogP contribution in [0, 0.1) is 13.8 Å². The minimum absolute atomic E-state index is 0.163. The Morgan fingerprint density at radius 2 is 1.81 bits per heavy atom. The molecule has 0 radical (unpaired) electrons. The Labute approximate surface area is 154 Å². The van der Waals surface area contributed by atoms with Crippen LogP contribution in [-0.4, -0.2) is 31.3 Å². The number of rotatable bonds is 4. The van der Waals surface area contributed by atoms with Crippen molar-refractivity contribution in [3.8, 4) is 0 Å². The lowest BCUT2D eigenvalue weighted by molar-refractivity contribution is 0.102. The minimum atomic E-state index is -0.423. The zero-order chi connectivity index (χ0) is 19.0. The van der Waals surface area contributed by atoms with Gasteiger partial charge in [-0.2, -0.15) is 10.2 Å². The molecule has 9 nitrogen and oxygen atoms in total. The van der Waals surface area contributed by atoms with Gasteiger partial charge < -0.3 is 16.4 Å². The number of hydrogen-bond acceptors (Lipinski definition) is 6. The molecule has 3 heterocycles. The molecule has 27 heavy (non-hydrogen) atoms. The number of aromatic nitrogens is 5. The number of nitrogen functional groups attached to an aromatic ring is 1. The summed E-state index contributed by atoms with van der Waals surface area (Å²) in [5, 5.41) is 20.4. The SMILES string of the molecule is Cc1cc(C)c2c(NC(=O)c3c(Nc4ccccc4)n[nH]c3N)n[nH]c2n1. The monoisotopic (exact) mass is 362 g/mol. The Hall–Kier alpha value is -3.88. The van der Waals surface area contributed by atoms with Gasteiger partial charge in [0.15, 0.2) is 17.3 Å². The highest BCUT2D eigenvalue weighted by molar-refractivity contribution is 6.13. The van der Waals surface area contributed by atoms with Gasteiger partial charge in [-0.05, 0) is 37.6 Å². The maximum atomic E-state index is 12.9. The number of carbonyl (C=O) groups is 1. The first kappa shape index (κ1) is 16.6. The van der Waals surface area contributed by atoms with Crippen LogP contribution in [0.4, 0.5) is 23.1 Å². The molecule has 0 saturated carbocycles. The standard InChI is InChI=1S/C18H18N8O/c1-9-8-10(2)20-15-12(9)16(26-25-15)22-18(27)13-14(19)23-24-17(13)21-11-6-4-3-5-7-11/h3-8H,1-2H3,(H4,19,21,23,24)(H2,20,22,25,26,27). The first-order valence-electron chi connectivity index (χ1n) is 8.32. The lowest BCUT2D eigenvalue weighted by atomic mass is 10.1. The molecule has 0 aliphatic heterocycles. The van der Waals surface area contributed by atoms with E-state index in [0.29, 0.717) is 17.3 Å². The number of fused-ring (bicyclic) bond motifs is 1. The van der Waals surface area contributed by atoms with Gasteiger partial charge in [0.25, 0.3) is 5.91 Å². The van der Waals surface area contributed by atoms with Crippen molar-refractivity contribution in [2.45, 2.75) is 13.8 Å². The van der Waals surface area contributed by atoms with E-state index in [1.807, 2.05) is 50.2 Å². The van der Waals surface area contributed by atoms with Crippen LogP contribution in [0.25, 0.3) is 11.0 Å². The number of aromatic amines is 2. The summed E-state index contributed by atoms with van der Waals surface area (Å²) in [6.07, 6.45) is 0. The van der Waals surface area contributed by atoms with Crippen molar-refractivity contribution < 1.29 is 4.79 Å². The van der Waals surface area contributed by atoms with Crippen LogP contribution >= 0.6 is 0 Å². The lowest BCUT2D eigenvalue weighted by Crippen LogP contribution is -2.15. The Morgan fingerprint density at radius 3 is 2.59 bits per heavy atom. The van der Waals surface area contributed by atoms with Crippen molar-refractivity contribution in [1.29, 1.82) is 0 Å². The third kappa shape index (κ3) is 3.06. The van der Waals surface area contributed by atoms with E-state index in [2.05, 4.69) is 36.0 Å². The van der Waals surface area contributed by atoms with E-state index < -0.39 is 5.91 Å². The normalized spacial score (nSPS) is 10.9. The quantitative estimate of drug-likeness (QED) is 0.378. The molecule has 1 aromatic carbocycles. The molecule has 3 aromatic heterocycles. The molecule has 0 atom stereocenters. The maximum Gasteiger partial charge on any atom is 0.264 e. The third-order valence-electron chi connectivity index (χ3n) is 4.14. The smallest absolute Gasteiger partial charge is 0.264 e. The first-order valence-corrected chi connectivity index (χ1v) is 8.32. The molecule has 0 bridgehead atoms. The van der Waals surface area contributed by atoms with Crippen molar-refractivity contribution in [3.63, 3.8) is 0 Å². The van der Waals surface area contributed by atoms with Crippen LogP contribution in [0.1, 0.15) is 21.6 Å². The average molecular weight is 362 g/mol. The van der Waals surface area contributed by atoms with Crippen LogP contribution in [0.2, 0.25) is 0 Å². The summed E-state index contributed by atoms with van der Waals surface area (Å²) >= 11 is 0. The molecule has 0 unspecified atom stereocenters. The zero-order valence-corrected chi connectivity index (χ0v) is 14.8. The number of nitrogens with two attached hydrogens (primary N) is 1. The zero-order valence-electron chi connectivity index (χ0n) is 14.8. The molecule has 0 aliphatic carbocycles. The Balaban J connectivity index is 1.66. The van der Waals surface area contributed by atoms with Crippen molar-refractivity contribution in [2.75, 3.05) is 16.4 Å². The number of H-pyrrole nitrogens is 2. The number of para-hydroxylation sites is 1. The highest BCUT2D eigenvalue weighted by Gasteiger charge is 2.21. The van der Waals surface area contributed by atoms with Crippen molar-refractivity contribution in [1.82, 2.24) is 25.4 Å². The summed E-state index contributed by atoms with van der Waals surface area (Å²) in [4.78, 5) is 17.3. The van der Waals surface area contributed by atoms with E-state index in [9.17, 15) is 4.79 Å². The predicted octanol–water partition coefficient (Wildman–Crippen LogP) is 2.88.